The third-order valence-corrected chi connectivity index (χ3v) is 4.96. The zero-order valence-electron chi connectivity index (χ0n) is 18.5. The van der Waals surface area contributed by atoms with Crippen LogP contribution in [-0.4, -0.2) is 25.3 Å². The number of unbranched alkanes of at least 4 members (excludes halogenated alkanes) is 1. The van der Waals surface area contributed by atoms with Crippen LogP contribution < -0.4 is 14.9 Å². The van der Waals surface area contributed by atoms with Crippen molar-refractivity contribution < 1.29 is 14.3 Å². The molecule has 0 saturated heterocycles. The van der Waals surface area contributed by atoms with Crippen LogP contribution in [-0.2, 0) is 11.2 Å². The standard InChI is InChI=1S/C26H30N2O3/c1-4-6-13-30-25-12-11-21-9-7-8-10-23(21)24(25)17-27-28-26(29)18-31-22-15-19(3)14-20(5-2)16-22/h7-12,14-17H,4-6,13,18H2,1-3H3,(H,28,29)/b27-17+. The summed E-state index contributed by atoms with van der Waals surface area (Å²) in [5.74, 6) is 1.13. The van der Waals surface area contributed by atoms with Crippen molar-refractivity contribution in [3.8, 4) is 11.5 Å². The molecule has 0 aliphatic heterocycles. The van der Waals surface area contributed by atoms with E-state index in [2.05, 4.69) is 30.4 Å². The molecule has 1 amide bonds. The number of fused-ring (bicyclic) bond motifs is 1. The number of benzene rings is 3. The van der Waals surface area contributed by atoms with Crippen LogP contribution in [0.25, 0.3) is 10.8 Å². The van der Waals surface area contributed by atoms with E-state index >= 15 is 0 Å². The molecule has 0 aliphatic carbocycles. The van der Waals surface area contributed by atoms with Gasteiger partial charge in [0.2, 0.25) is 0 Å². The number of amides is 1. The van der Waals surface area contributed by atoms with Crippen LogP contribution in [0.5, 0.6) is 11.5 Å². The van der Waals surface area contributed by atoms with E-state index in [9.17, 15) is 4.79 Å². The summed E-state index contributed by atoms with van der Waals surface area (Å²) >= 11 is 0. The molecule has 162 valence electrons. The lowest BCUT2D eigenvalue weighted by Crippen LogP contribution is -2.24. The summed E-state index contributed by atoms with van der Waals surface area (Å²) in [4.78, 5) is 12.2. The van der Waals surface area contributed by atoms with E-state index in [0.29, 0.717) is 12.4 Å². The molecular formula is C26H30N2O3. The molecule has 5 nitrogen and oxygen atoms in total. The normalized spacial score (nSPS) is 11.1. The van der Waals surface area contributed by atoms with E-state index in [0.717, 1.165) is 46.9 Å². The molecule has 0 heterocycles. The molecule has 0 aliphatic rings. The summed E-state index contributed by atoms with van der Waals surface area (Å²) in [5.41, 5.74) is 5.69. The van der Waals surface area contributed by atoms with Crippen LogP contribution >= 0.6 is 0 Å². The Kier molecular flexibility index (Phi) is 8.05. The molecule has 5 heteroatoms. The minimum Gasteiger partial charge on any atom is -0.493 e. The van der Waals surface area contributed by atoms with Crippen LogP contribution in [0.15, 0.2) is 59.7 Å². The molecule has 3 aromatic carbocycles. The fraction of sp³-hybridized carbons (Fsp3) is 0.308. The van der Waals surface area contributed by atoms with Gasteiger partial charge in [-0.3, -0.25) is 4.79 Å². The fourth-order valence-corrected chi connectivity index (χ4v) is 3.32. The number of nitrogens with one attached hydrogen (secondary N) is 1. The van der Waals surface area contributed by atoms with Crippen LogP contribution in [0, 0.1) is 6.92 Å². The van der Waals surface area contributed by atoms with Gasteiger partial charge < -0.3 is 9.47 Å². The van der Waals surface area contributed by atoms with Crippen molar-refractivity contribution in [1.82, 2.24) is 5.43 Å². The van der Waals surface area contributed by atoms with Gasteiger partial charge in [0.1, 0.15) is 11.5 Å². The van der Waals surface area contributed by atoms with Crippen molar-refractivity contribution in [3.63, 3.8) is 0 Å². The number of nitrogens with zero attached hydrogens (tertiary/aromatic N) is 1. The summed E-state index contributed by atoms with van der Waals surface area (Å²) in [6.07, 6.45) is 4.61. The zero-order valence-corrected chi connectivity index (χ0v) is 18.5. The maximum absolute atomic E-state index is 12.2. The molecule has 0 saturated carbocycles. The molecular weight excluding hydrogens is 388 g/mol. The first-order valence-corrected chi connectivity index (χ1v) is 10.8. The van der Waals surface area contributed by atoms with Gasteiger partial charge in [-0.05, 0) is 59.9 Å². The van der Waals surface area contributed by atoms with E-state index in [1.54, 1.807) is 6.21 Å². The second-order valence-corrected chi connectivity index (χ2v) is 7.49. The number of hydrogen-bond acceptors (Lipinski definition) is 4. The highest BCUT2D eigenvalue weighted by Gasteiger charge is 2.08. The highest BCUT2D eigenvalue weighted by atomic mass is 16.5. The Labute approximate surface area is 184 Å². The first-order chi connectivity index (χ1) is 15.1. The quantitative estimate of drug-likeness (QED) is 0.272. The predicted octanol–water partition coefficient (Wildman–Crippen LogP) is 5.42. The van der Waals surface area contributed by atoms with Gasteiger partial charge in [-0.1, -0.05) is 56.7 Å². The van der Waals surface area contributed by atoms with E-state index in [1.165, 1.54) is 5.56 Å². The first-order valence-electron chi connectivity index (χ1n) is 10.8. The number of carbonyl (C=O) groups excluding carboxylic acids is 1. The van der Waals surface area contributed by atoms with Crippen LogP contribution in [0.3, 0.4) is 0 Å². The highest BCUT2D eigenvalue weighted by Crippen LogP contribution is 2.27. The van der Waals surface area contributed by atoms with Gasteiger partial charge in [0.25, 0.3) is 5.91 Å². The van der Waals surface area contributed by atoms with Crippen molar-refractivity contribution in [2.24, 2.45) is 5.10 Å². The van der Waals surface area contributed by atoms with E-state index in [-0.39, 0.29) is 12.5 Å². The summed E-state index contributed by atoms with van der Waals surface area (Å²) in [7, 11) is 0. The maximum Gasteiger partial charge on any atom is 0.277 e. The number of carbonyl (C=O) groups is 1. The second kappa shape index (κ2) is 11.2. The van der Waals surface area contributed by atoms with Gasteiger partial charge in [0.15, 0.2) is 6.61 Å². The fourth-order valence-electron chi connectivity index (χ4n) is 3.32. The molecule has 0 atom stereocenters. The van der Waals surface area contributed by atoms with Gasteiger partial charge in [0.05, 0.1) is 12.8 Å². The Morgan fingerprint density at radius 3 is 2.71 bits per heavy atom. The molecule has 0 radical (unpaired) electrons. The lowest BCUT2D eigenvalue weighted by Gasteiger charge is -2.11. The molecule has 31 heavy (non-hydrogen) atoms. The number of ether oxygens (including phenoxy) is 2. The third-order valence-electron chi connectivity index (χ3n) is 4.96. The first kappa shape index (κ1) is 22.3. The molecule has 1 N–H and O–H groups in total. The molecule has 3 aromatic rings. The summed E-state index contributed by atoms with van der Waals surface area (Å²) in [5, 5.41) is 6.28. The number of hydrogen-bond donors (Lipinski definition) is 1. The summed E-state index contributed by atoms with van der Waals surface area (Å²) in [6.45, 7) is 6.78. The predicted molar refractivity (Wildman–Crippen MR) is 126 cm³/mol. The zero-order chi connectivity index (χ0) is 22.1. The SMILES string of the molecule is CCCCOc1ccc2ccccc2c1/C=N/NC(=O)COc1cc(C)cc(CC)c1. The minimum absolute atomic E-state index is 0.0979. The molecule has 0 unspecified atom stereocenters. The summed E-state index contributed by atoms with van der Waals surface area (Å²) < 4.78 is 11.6. The average Bonchev–Trinajstić information content (AvgIpc) is 2.78. The number of aryl methyl sites for hydroxylation is 2. The lowest BCUT2D eigenvalue weighted by molar-refractivity contribution is -0.123. The molecule has 0 aromatic heterocycles. The van der Waals surface area contributed by atoms with E-state index in [4.69, 9.17) is 9.47 Å². The van der Waals surface area contributed by atoms with Crippen LogP contribution in [0.4, 0.5) is 0 Å². The maximum atomic E-state index is 12.2. The largest absolute Gasteiger partial charge is 0.493 e. The van der Waals surface area contributed by atoms with Crippen LogP contribution in [0.2, 0.25) is 0 Å². The lowest BCUT2D eigenvalue weighted by atomic mass is 10.0. The molecule has 0 bridgehead atoms. The topological polar surface area (TPSA) is 59.9 Å². The van der Waals surface area contributed by atoms with E-state index < -0.39 is 0 Å². The molecule has 0 fully saturated rings. The minimum atomic E-state index is -0.315. The highest BCUT2D eigenvalue weighted by molar-refractivity contribution is 6.02. The smallest absolute Gasteiger partial charge is 0.277 e. The molecule has 0 spiro atoms. The van der Waals surface area contributed by atoms with Gasteiger partial charge in [-0.25, -0.2) is 5.43 Å². The third kappa shape index (κ3) is 6.32. The van der Waals surface area contributed by atoms with Gasteiger partial charge in [-0.2, -0.15) is 5.10 Å². The van der Waals surface area contributed by atoms with Crippen molar-refractivity contribution in [2.45, 2.75) is 40.0 Å². The number of hydrazone groups is 1. The average molecular weight is 419 g/mol. The second-order valence-electron chi connectivity index (χ2n) is 7.49. The Hall–Kier alpha value is -3.34. The Balaban J connectivity index is 1.67. The van der Waals surface area contributed by atoms with Crippen molar-refractivity contribution in [2.75, 3.05) is 13.2 Å². The Morgan fingerprint density at radius 1 is 1.06 bits per heavy atom. The van der Waals surface area contributed by atoms with Crippen LogP contribution in [0.1, 0.15) is 43.4 Å². The van der Waals surface area contributed by atoms with Gasteiger partial charge in [0, 0.05) is 5.56 Å². The van der Waals surface area contributed by atoms with Crippen molar-refractivity contribution in [3.05, 3.63) is 71.3 Å². The van der Waals surface area contributed by atoms with Gasteiger partial charge in [-0.15, -0.1) is 0 Å². The monoisotopic (exact) mass is 418 g/mol. The Bertz CT molecular complexity index is 1060. The number of rotatable bonds is 10. The van der Waals surface area contributed by atoms with E-state index in [1.807, 2.05) is 55.5 Å². The van der Waals surface area contributed by atoms with Crippen molar-refractivity contribution >= 4 is 22.9 Å². The van der Waals surface area contributed by atoms with Crippen molar-refractivity contribution in [1.29, 1.82) is 0 Å². The Morgan fingerprint density at radius 2 is 1.90 bits per heavy atom. The molecule has 3 rings (SSSR count). The summed E-state index contributed by atoms with van der Waals surface area (Å²) in [6, 6.07) is 18.0. The van der Waals surface area contributed by atoms with Gasteiger partial charge >= 0.3 is 0 Å².